The molecular weight excluding hydrogens is 647 g/mol. The first-order chi connectivity index (χ1) is 22.8. The van der Waals surface area contributed by atoms with Gasteiger partial charge in [0.15, 0.2) is 5.75 Å². The SMILES string of the molecule is C[C@H](CO)N1C[C@H](C)[C@H](CN(C)C(=O)Nc2ccc(C(F)(F)F)cc2)Oc2c(NC(=O)c3ccc(-c4nccs4)cc3)cccc2C1=O. The Morgan fingerprint density at radius 1 is 1.10 bits per heavy atom. The van der Waals surface area contributed by atoms with Crippen molar-refractivity contribution in [3.8, 4) is 16.3 Å². The molecule has 252 valence electrons. The van der Waals surface area contributed by atoms with Gasteiger partial charge in [0.1, 0.15) is 11.1 Å². The summed E-state index contributed by atoms with van der Waals surface area (Å²) in [5, 5.41) is 18.1. The maximum atomic E-state index is 13.8. The first-order valence-electron chi connectivity index (χ1n) is 15.1. The molecule has 0 unspecified atom stereocenters. The van der Waals surface area contributed by atoms with Gasteiger partial charge in [-0.05, 0) is 55.5 Å². The van der Waals surface area contributed by atoms with Crippen LogP contribution < -0.4 is 15.4 Å². The van der Waals surface area contributed by atoms with Crippen molar-refractivity contribution < 1.29 is 37.4 Å². The molecule has 10 nitrogen and oxygen atoms in total. The van der Waals surface area contributed by atoms with Gasteiger partial charge < -0.3 is 30.3 Å². The molecule has 4 aromatic rings. The van der Waals surface area contributed by atoms with Crippen molar-refractivity contribution >= 4 is 40.6 Å². The second-order valence-corrected chi connectivity index (χ2v) is 12.5. The normalized spacial score (nSPS) is 17.0. The molecule has 1 aromatic heterocycles. The number of amides is 4. The van der Waals surface area contributed by atoms with Crippen molar-refractivity contribution in [3.05, 3.63) is 95.0 Å². The molecule has 3 aromatic carbocycles. The molecule has 0 saturated carbocycles. The second-order valence-electron chi connectivity index (χ2n) is 11.6. The summed E-state index contributed by atoms with van der Waals surface area (Å²) in [5.41, 5.74) is 0.974. The minimum atomic E-state index is -4.51. The Bertz CT molecular complexity index is 1750. The van der Waals surface area contributed by atoms with Gasteiger partial charge in [0.05, 0.1) is 36.0 Å². The fourth-order valence-electron chi connectivity index (χ4n) is 5.20. The van der Waals surface area contributed by atoms with Crippen LogP contribution in [0.15, 0.2) is 78.3 Å². The highest BCUT2D eigenvalue weighted by Gasteiger charge is 2.35. The molecule has 0 saturated heterocycles. The number of urea groups is 1. The number of rotatable bonds is 8. The monoisotopic (exact) mass is 681 g/mol. The van der Waals surface area contributed by atoms with Crippen LogP contribution >= 0.6 is 11.3 Å². The predicted molar refractivity (Wildman–Crippen MR) is 176 cm³/mol. The number of alkyl halides is 3. The van der Waals surface area contributed by atoms with Gasteiger partial charge in [-0.2, -0.15) is 13.2 Å². The number of hydrogen-bond acceptors (Lipinski definition) is 7. The third-order valence-corrected chi connectivity index (χ3v) is 8.85. The summed E-state index contributed by atoms with van der Waals surface area (Å²) in [4.78, 5) is 47.4. The number of carbonyl (C=O) groups excluding carboxylic acids is 3. The van der Waals surface area contributed by atoms with Crippen molar-refractivity contribution in [2.75, 3.05) is 37.4 Å². The Hall–Kier alpha value is -4.95. The van der Waals surface area contributed by atoms with E-state index in [1.165, 1.54) is 40.3 Å². The summed E-state index contributed by atoms with van der Waals surface area (Å²) < 4.78 is 45.4. The van der Waals surface area contributed by atoms with Crippen molar-refractivity contribution in [1.29, 1.82) is 0 Å². The lowest BCUT2D eigenvalue weighted by molar-refractivity contribution is -0.137. The Morgan fingerprint density at radius 2 is 1.81 bits per heavy atom. The largest absolute Gasteiger partial charge is 0.485 e. The number of para-hydroxylation sites is 1. The smallest absolute Gasteiger partial charge is 0.416 e. The van der Waals surface area contributed by atoms with E-state index in [1.807, 2.05) is 12.3 Å². The van der Waals surface area contributed by atoms with E-state index in [4.69, 9.17) is 4.74 Å². The highest BCUT2D eigenvalue weighted by atomic mass is 32.1. The first kappa shape index (κ1) is 34.4. The molecule has 14 heteroatoms. The van der Waals surface area contributed by atoms with E-state index < -0.39 is 41.7 Å². The highest BCUT2D eigenvalue weighted by molar-refractivity contribution is 7.13. The molecule has 2 heterocycles. The number of aliphatic hydroxyl groups is 1. The van der Waals surface area contributed by atoms with Crippen LogP contribution in [0.2, 0.25) is 0 Å². The van der Waals surface area contributed by atoms with Crippen molar-refractivity contribution in [1.82, 2.24) is 14.8 Å². The van der Waals surface area contributed by atoms with Gasteiger partial charge in [-0.25, -0.2) is 9.78 Å². The van der Waals surface area contributed by atoms with Crippen molar-refractivity contribution in [3.63, 3.8) is 0 Å². The lowest BCUT2D eigenvalue weighted by Gasteiger charge is -2.38. The third-order valence-electron chi connectivity index (χ3n) is 8.03. The molecule has 3 N–H and O–H groups in total. The lowest BCUT2D eigenvalue weighted by Crippen LogP contribution is -2.50. The zero-order valence-corrected chi connectivity index (χ0v) is 27.1. The summed E-state index contributed by atoms with van der Waals surface area (Å²) in [6.45, 7) is 3.48. The number of benzene rings is 3. The predicted octanol–water partition coefficient (Wildman–Crippen LogP) is 6.47. The Kier molecular flexibility index (Phi) is 10.3. The number of fused-ring (bicyclic) bond motifs is 1. The average Bonchev–Trinajstić information content (AvgIpc) is 3.61. The number of hydrogen-bond donors (Lipinski definition) is 3. The minimum absolute atomic E-state index is 0.0170. The molecule has 4 amide bonds. The number of ether oxygens (including phenoxy) is 1. The molecule has 0 bridgehead atoms. The molecule has 5 rings (SSSR count). The number of thiazole rings is 1. The van der Waals surface area contributed by atoms with Crippen molar-refractivity contribution in [2.24, 2.45) is 5.92 Å². The van der Waals surface area contributed by atoms with E-state index in [0.717, 1.165) is 22.7 Å². The van der Waals surface area contributed by atoms with Gasteiger partial charge in [-0.1, -0.05) is 25.1 Å². The molecule has 3 atom stereocenters. The van der Waals surface area contributed by atoms with Gasteiger partial charge in [-0.3, -0.25) is 9.59 Å². The number of nitrogens with zero attached hydrogens (tertiary/aromatic N) is 3. The quantitative estimate of drug-likeness (QED) is 0.196. The summed E-state index contributed by atoms with van der Waals surface area (Å²) in [7, 11) is 1.51. The fraction of sp³-hybridized carbons (Fsp3) is 0.294. The third kappa shape index (κ3) is 7.77. The summed E-state index contributed by atoms with van der Waals surface area (Å²) in [6, 6.07) is 14.7. The average molecular weight is 682 g/mol. The van der Waals surface area contributed by atoms with E-state index in [1.54, 1.807) is 55.6 Å². The highest BCUT2D eigenvalue weighted by Crippen LogP contribution is 2.36. The molecule has 1 aliphatic heterocycles. The number of nitrogens with one attached hydrogen (secondary N) is 2. The van der Waals surface area contributed by atoms with Crippen LogP contribution in [0.3, 0.4) is 0 Å². The van der Waals surface area contributed by atoms with Gasteiger partial charge in [0.2, 0.25) is 0 Å². The summed E-state index contributed by atoms with van der Waals surface area (Å²) in [6.07, 6.45) is -3.51. The van der Waals surface area contributed by atoms with Crippen LogP contribution in [-0.4, -0.2) is 76.6 Å². The number of halogens is 3. The maximum absolute atomic E-state index is 13.8. The molecule has 0 aliphatic carbocycles. The van der Waals surface area contributed by atoms with Crippen LogP contribution in [-0.2, 0) is 6.18 Å². The van der Waals surface area contributed by atoms with E-state index in [9.17, 15) is 32.7 Å². The Labute approximate surface area is 279 Å². The van der Waals surface area contributed by atoms with Gasteiger partial charge in [0, 0.05) is 47.9 Å². The first-order valence-corrected chi connectivity index (χ1v) is 16.0. The number of aliphatic hydroxyl groups excluding tert-OH is 1. The molecule has 0 radical (unpaired) electrons. The van der Waals surface area contributed by atoms with Gasteiger partial charge in [0.25, 0.3) is 11.8 Å². The number of likely N-dealkylation sites (N-methyl/N-ethyl adjacent to an activating group) is 1. The molecular formula is C34H34F3N5O5S. The Balaban J connectivity index is 1.39. The molecule has 48 heavy (non-hydrogen) atoms. The lowest BCUT2D eigenvalue weighted by atomic mass is 9.99. The number of anilines is 2. The van der Waals surface area contributed by atoms with E-state index in [2.05, 4.69) is 15.6 Å². The second kappa shape index (κ2) is 14.4. The van der Waals surface area contributed by atoms with E-state index in [0.29, 0.717) is 5.56 Å². The zero-order valence-electron chi connectivity index (χ0n) is 26.3. The van der Waals surface area contributed by atoms with Crippen molar-refractivity contribution in [2.45, 2.75) is 32.2 Å². The van der Waals surface area contributed by atoms with Gasteiger partial charge in [-0.15, -0.1) is 11.3 Å². The zero-order chi connectivity index (χ0) is 34.6. The van der Waals surface area contributed by atoms with Crippen LogP contribution in [0.4, 0.5) is 29.3 Å². The minimum Gasteiger partial charge on any atom is -0.485 e. The molecule has 0 spiro atoms. The molecule has 0 fully saturated rings. The number of carbonyl (C=O) groups is 3. The fourth-order valence-corrected chi connectivity index (χ4v) is 5.84. The van der Waals surface area contributed by atoms with Crippen LogP contribution in [0.25, 0.3) is 10.6 Å². The summed E-state index contributed by atoms with van der Waals surface area (Å²) in [5.74, 6) is -1.09. The number of aromatic nitrogens is 1. The Morgan fingerprint density at radius 3 is 2.44 bits per heavy atom. The topological polar surface area (TPSA) is 124 Å². The van der Waals surface area contributed by atoms with Crippen LogP contribution in [0.5, 0.6) is 5.75 Å². The van der Waals surface area contributed by atoms with Gasteiger partial charge >= 0.3 is 12.2 Å². The van der Waals surface area contributed by atoms with E-state index >= 15 is 0 Å². The summed E-state index contributed by atoms with van der Waals surface area (Å²) >= 11 is 1.48. The van der Waals surface area contributed by atoms with E-state index in [-0.39, 0.29) is 48.3 Å². The van der Waals surface area contributed by atoms with Crippen LogP contribution in [0, 0.1) is 5.92 Å². The van der Waals surface area contributed by atoms with Crippen LogP contribution in [0.1, 0.15) is 40.1 Å². The molecule has 1 aliphatic rings. The maximum Gasteiger partial charge on any atom is 0.416 e. The standard InChI is InChI=1S/C34H34F3N5O5S/c1-20-17-42(21(2)19-43)32(45)26-5-4-6-27(40-30(44)22-7-9-23(10-8-22)31-38-15-16-48-31)29(26)47-28(20)18-41(3)33(46)39-25-13-11-24(12-14-25)34(35,36)37/h4-16,20-21,28,43H,17-19H2,1-3H3,(H,39,46)(H,40,44)/t20-,21+,28-/m0/s1.